The topological polar surface area (TPSA) is 108 Å². The van der Waals surface area contributed by atoms with Crippen molar-refractivity contribution in [2.45, 2.75) is 37.2 Å². The van der Waals surface area contributed by atoms with Crippen LogP contribution in [0.25, 0.3) is 0 Å². The van der Waals surface area contributed by atoms with Gasteiger partial charge >= 0.3 is 11.9 Å². The van der Waals surface area contributed by atoms with Gasteiger partial charge in [0, 0.05) is 0 Å². The number of carbonyl (C=O) groups excluding carboxylic acids is 2. The van der Waals surface area contributed by atoms with Crippen LogP contribution in [-0.2, 0) is 25.9 Å². The molecule has 1 aliphatic heterocycles. The number of carbonyl (C=O) groups is 2. The number of rotatable bonds is 5. The summed E-state index contributed by atoms with van der Waals surface area (Å²) >= 11 is 0. The minimum atomic E-state index is -4.05. The number of fused-ring (bicyclic) bond motifs is 1. The second kappa shape index (κ2) is 7.98. The van der Waals surface area contributed by atoms with E-state index in [9.17, 15) is 18.0 Å². The molecular formula is C21H23NO7S. The standard InChI is InChI=1S/C21H23NO7S/c1-21(2)10-9-13-11-15(6-8-18(13)29-21)30(25,26)22-17-12-14(19(23)27-3)5-7-16(17)20(24)28-4/h5-8,11-12,22H,9-10H2,1-4H3. The molecule has 0 bridgehead atoms. The maximum atomic E-state index is 13.0. The van der Waals surface area contributed by atoms with Crippen LogP contribution in [0.3, 0.4) is 0 Å². The first-order valence-electron chi connectivity index (χ1n) is 9.22. The highest BCUT2D eigenvalue weighted by Crippen LogP contribution is 2.34. The lowest BCUT2D eigenvalue weighted by atomic mass is 9.94. The van der Waals surface area contributed by atoms with E-state index in [0.29, 0.717) is 12.2 Å². The first-order valence-corrected chi connectivity index (χ1v) is 10.7. The molecular weight excluding hydrogens is 410 g/mol. The molecule has 160 valence electrons. The van der Waals surface area contributed by atoms with E-state index in [1.54, 1.807) is 12.1 Å². The second-order valence-electron chi connectivity index (χ2n) is 7.48. The smallest absolute Gasteiger partial charge is 0.339 e. The molecule has 0 atom stereocenters. The van der Waals surface area contributed by atoms with Crippen LogP contribution in [0.1, 0.15) is 46.5 Å². The van der Waals surface area contributed by atoms with Crippen molar-refractivity contribution in [3.05, 3.63) is 53.1 Å². The van der Waals surface area contributed by atoms with Crippen LogP contribution in [0.2, 0.25) is 0 Å². The van der Waals surface area contributed by atoms with Crippen molar-refractivity contribution in [1.29, 1.82) is 0 Å². The van der Waals surface area contributed by atoms with Gasteiger partial charge in [0.25, 0.3) is 10.0 Å². The van der Waals surface area contributed by atoms with Crippen LogP contribution >= 0.6 is 0 Å². The number of sulfonamides is 1. The number of hydrogen-bond donors (Lipinski definition) is 1. The monoisotopic (exact) mass is 433 g/mol. The van der Waals surface area contributed by atoms with Gasteiger partial charge in [-0.25, -0.2) is 18.0 Å². The molecule has 0 saturated carbocycles. The number of nitrogens with one attached hydrogen (secondary N) is 1. The van der Waals surface area contributed by atoms with Crippen LogP contribution in [0.15, 0.2) is 41.3 Å². The van der Waals surface area contributed by atoms with E-state index in [2.05, 4.69) is 9.46 Å². The minimum absolute atomic E-state index is 0.0174. The fraction of sp³-hybridized carbons (Fsp3) is 0.333. The summed E-state index contributed by atoms with van der Waals surface area (Å²) in [6.45, 7) is 3.95. The Hall–Kier alpha value is -3.07. The third kappa shape index (κ3) is 4.40. The van der Waals surface area contributed by atoms with Crippen molar-refractivity contribution in [2.24, 2.45) is 0 Å². The fourth-order valence-electron chi connectivity index (χ4n) is 3.17. The van der Waals surface area contributed by atoms with Crippen LogP contribution in [0.4, 0.5) is 5.69 Å². The molecule has 8 nitrogen and oxygen atoms in total. The average Bonchev–Trinajstić information content (AvgIpc) is 2.71. The number of esters is 2. The van der Waals surface area contributed by atoms with Gasteiger partial charge in [-0.05, 0) is 68.7 Å². The van der Waals surface area contributed by atoms with Crippen molar-refractivity contribution in [3.63, 3.8) is 0 Å². The fourth-order valence-corrected chi connectivity index (χ4v) is 4.29. The second-order valence-corrected chi connectivity index (χ2v) is 9.16. The summed E-state index contributed by atoms with van der Waals surface area (Å²) < 4.78 is 43.7. The zero-order valence-corrected chi connectivity index (χ0v) is 18.0. The van der Waals surface area contributed by atoms with E-state index in [0.717, 1.165) is 12.0 Å². The third-order valence-corrected chi connectivity index (χ3v) is 6.18. The van der Waals surface area contributed by atoms with Gasteiger partial charge < -0.3 is 14.2 Å². The number of ether oxygens (including phenoxy) is 3. The summed E-state index contributed by atoms with van der Waals surface area (Å²) in [7, 11) is -1.67. The van der Waals surface area contributed by atoms with Gasteiger partial charge in [-0.15, -0.1) is 0 Å². The molecule has 30 heavy (non-hydrogen) atoms. The molecule has 2 aromatic carbocycles. The molecule has 0 fully saturated rings. The summed E-state index contributed by atoms with van der Waals surface area (Å²) in [5, 5.41) is 0. The molecule has 0 aromatic heterocycles. The Balaban J connectivity index is 1.99. The normalized spacial score (nSPS) is 14.8. The predicted molar refractivity (Wildman–Crippen MR) is 109 cm³/mol. The predicted octanol–water partition coefficient (Wildman–Crippen LogP) is 3.16. The Morgan fingerprint density at radius 2 is 1.73 bits per heavy atom. The summed E-state index contributed by atoms with van der Waals surface area (Å²) in [5.41, 5.74) is 0.448. The summed E-state index contributed by atoms with van der Waals surface area (Å²) in [4.78, 5) is 23.9. The van der Waals surface area contributed by atoms with Crippen LogP contribution in [-0.4, -0.2) is 40.2 Å². The molecule has 9 heteroatoms. The highest BCUT2D eigenvalue weighted by molar-refractivity contribution is 7.92. The highest BCUT2D eigenvalue weighted by atomic mass is 32.2. The molecule has 0 saturated heterocycles. The minimum Gasteiger partial charge on any atom is -0.488 e. The molecule has 1 aliphatic rings. The molecule has 0 amide bonds. The lowest BCUT2D eigenvalue weighted by Gasteiger charge is -2.32. The van der Waals surface area contributed by atoms with Gasteiger partial charge in [0.15, 0.2) is 0 Å². The lowest BCUT2D eigenvalue weighted by Crippen LogP contribution is -2.32. The van der Waals surface area contributed by atoms with Crippen LogP contribution in [0, 0.1) is 0 Å². The maximum Gasteiger partial charge on any atom is 0.339 e. The number of hydrogen-bond acceptors (Lipinski definition) is 7. The van der Waals surface area contributed by atoms with Gasteiger partial charge in [-0.2, -0.15) is 0 Å². The number of methoxy groups -OCH3 is 2. The Morgan fingerprint density at radius 1 is 1.03 bits per heavy atom. The van der Waals surface area contributed by atoms with Gasteiger partial charge in [-0.3, -0.25) is 4.72 Å². The van der Waals surface area contributed by atoms with Crippen molar-refractivity contribution in [2.75, 3.05) is 18.9 Å². The molecule has 1 N–H and O–H groups in total. The summed E-state index contributed by atoms with van der Waals surface area (Å²) in [5.74, 6) is -0.765. The maximum absolute atomic E-state index is 13.0. The van der Waals surface area contributed by atoms with Crippen molar-refractivity contribution < 1.29 is 32.2 Å². The molecule has 0 radical (unpaired) electrons. The van der Waals surface area contributed by atoms with E-state index in [4.69, 9.17) is 9.47 Å². The van der Waals surface area contributed by atoms with Gasteiger partial charge in [-0.1, -0.05) is 0 Å². The van der Waals surface area contributed by atoms with E-state index in [1.165, 1.54) is 38.5 Å². The summed E-state index contributed by atoms with van der Waals surface area (Å²) in [6.07, 6.45) is 1.43. The van der Waals surface area contributed by atoms with E-state index in [1.807, 2.05) is 13.8 Å². The van der Waals surface area contributed by atoms with Crippen LogP contribution in [0.5, 0.6) is 5.75 Å². The average molecular weight is 433 g/mol. The van der Waals surface area contributed by atoms with E-state index >= 15 is 0 Å². The molecule has 0 aliphatic carbocycles. The van der Waals surface area contributed by atoms with Crippen molar-refractivity contribution in [3.8, 4) is 5.75 Å². The highest BCUT2D eigenvalue weighted by Gasteiger charge is 2.28. The number of benzene rings is 2. The Kier molecular flexibility index (Phi) is 5.76. The van der Waals surface area contributed by atoms with E-state index < -0.39 is 22.0 Å². The first kappa shape index (κ1) is 21.6. The lowest BCUT2D eigenvalue weighted by molar-refractivity contribution is 0.0587. The largest absolute Gasteiger partial charge is 0.488 e. The van der Waals surface area contributed by atoms with Gasteiger partial charge in [0.2, 0.25) is 0 Å². The Morgan fingerprint density at radius 3 is 2.40 bits per heavy atom. The Bertz CT molecular complexity index is 1110. The summed E-state index contributed by atoms with van der Waals surface area (Å²) in [6, 6.07) is 8.50. The molecule has 2 aromatic rings. The molecule has 0 spiro atoms. The third-order valence-electron chi connectivity index (χ3n) is 4.82. The molecule has 1 heterocycles. The molecule has 0 unspecified atom stereocenters. The van der Waals surface area contributed by atoms with Crippen molar-refractivity contribution >= 4 is 27.6 Å². The van der Waals surface area contributed by atoms with Crippen molar-refractivity contribution in [1.82, 2.24) is 0 Å². The first-order chi connectivity index (χ1) is 14.1. The van der Waals surface area contributed by atoms with Gasteiger partial charge in [0.1, 0.15) is 11.4 Å². The zero-order valence-electron chi connectivity index (χ0n) is 17.1. The number of aryl methyl sites for hydroxylation is 1. The quantitative estimate of drug-likeness (QED) is 0.722. The van der Waals surface area contributed by atoms with E-state index in [-0.39, 0.29) is 27.3 Å². The number of anilines is 1. The van der Waals surface area contributed by atoms with Gasteiger partial charge in [0.05, 0.1) is 35.9 Å². The SMILES string of the molecule is COC(=O)c1ccc(C(=O)OC)c(NS(=O)(=O)c2ccc3c(c2)CCC(C)(C)O3)c1. The zero-order chi connectivity index (χ0) is 22.1. The van der Waals surface area contributed by atoms with Crippen LogP contribution < -0.4 is 9.46 Å². The molecule has 3 rings (SSSR count). The Labute approximate surface area is 175 Å².